The van der Waals surface area contributed by atoms with E-state index < -0.39 is 5.97 Å². The van der Waals surface area contributed by atoms with Crippen molar-refractivity contribution < 1.29 is 28.5 Å². The van der Waals surface area contributed by atoms with Crippen LogP contribution in [-0.2, 0) is 4.74 Å². The SMILES string of the molecule is COc1cc(OC)c(C(=O)OCC(=O)c2cc(C)ccc2C)cc1OC. The quantitative estimate of drug-likeness (QED) is 0.558. The molecule has 2 aromatic rings. The van der Waals surface area contributed by atoms with Gasteiger partial charge in [0, 0.05) is 17.7 Å². The smallest absolute Gasteiger partial charge is 0.342 e. The van der Waals surface area contributed by atoms with E-state index in [2.05, 4.69) is 0 Å². The van der Waals surface area contributed by atoms with Gasteiger partial charge in [0.1, 0.15) is 11.3 Å². The molecule has 0 saturated heterocycles. The highest BCUT2D eigenvalue weighted by molar-refractivity contribution is 6.01. The van der Waals surface area contributed by atoms with E-state index in [0.717, 1.165) is 11.1 Å². The Morgan fingerprint density at radius 1 is 0.808 bits per heavy atom. The van der Waals surface area contributed by atoms with Crippen LogP contribution in [0.5, 0.6) is 17.2 Å². The number of methoxy groups -OCH3 is 3. The molecule has 6 nitrogen and oxygen atoms in total. The Balaban J connectivity index is 2.19. The molecule has 6 heteroatoms. The summed E-state index contributed by atoms with van der Waals surface area (Å²) in [5.41, 5.74) is 2.49. The standard InChI is InChI=1S/C20H22O6/c1-12-6-7-13(2)14(8-12)16(21)11-26-20(22)15-9-18(24-4)19(25-5)10-17(15)23-3/h6-10H,11H2,1-5H3. The Morgan fingerprint density at radius 2 is 1.42 bits per heavy atom. The summed E-state index contributed by atoms with van der Waals surface area (Å²) in [7, 11) is 4.38. The van der Waals surface area contributed by atoms with E-state index >= 15 is 0 Å². The molecule has 0 bridgehead atoms. The van der Waals surface area contributed by atoms with Gasteiger partial charge in [0.25, 0.3) is 0 Å². The second-order valence-electron chi connectivity index (χ2n) is 5.73. The summed E-state index contributed by atoms with van der Waals surface area (Å²) in [5, 5.41) is 0. The van der Waals surface area contributed by atoms with Crippen LogP contribution in [-0.4, -0.2) is 39.7 Å². The number of Topliss-reactive ketones (excluding diaryl/α,β-unsaturated/α-hetero) is 1. The van der Waals surface area contributed by atoms with Crippen LogP contribution in [0, 0.1) is 13.8 Å². The van der Waals surface area contributed by atoms with E-state index in [1.807, 2.05) is 26.0 Å². The monoisotopic (exact) mass is 358 g/mol. The molecule has 0 aromatic heterocycles. The van der Waals surface area contributed by atoms with Gasteiger partial charge in [0.2, 0.25) is 5.78 Å². The number of ether oxygens (including phenoxy) is 4. The van der Waals surface area contributed by atoms with Crippen molar-refractivity contribution in [3.8, 4) is 17.2 Å². The molecule has 2 rings (SSSR count). The first-order chi connectivity index (χ1) is 12.4. The zero-order chi connectivity index (χ0) is 19.3. The molecule has 0 aliphatic heterocycles. The second-order valence-corrected chi connectivity index (χ2v) is 5.73. The van der Waals surface area contributed by atoms with Crippen LogP contribution in [0.2, 0.25) is 0 Å². The Morgan fingerprint density at radius 3 is 2.04 bits per heavy atom. The number of ketones is 1. The molecular formula is C20H22O6. The summed E-state index contributed by atoms with van der Waals surface area (Å²) in [5.74, 6) is 0.112. The lowest BCUT2D eigenvalue weighted by molar-refractivity contribution is 0.0471. The van der Waals surface area contributed by atoms with Gasteiger partial charge in [-0.2, -0.15) is 0 Å². The maximum absolute atomic E-state index is 12.4. The highest BCUT2D eigenvalue weighted by Crippen LogP contribution is 2.34. The Bertz CT molecular complexity index is 825. The number of rotatable bonds is 7. The van der Waals surface area contributed by atoms with Crippen LogP contribution in [0.1, 0.15) is 31.8 Å². The average Bonchev–Trinajstić information content (AvgIpc) is 2.66. The molecule has 0 atom stereocenters. The Kier molecular flexibility index (Phi) is 6.22. The fraction of sp³-hybridized carbons (Fsp3) is 0.300. The molecule has 138 valence electrons. The van der Waals surface area contributed by atoms with Crippen molar-refractivity contribution in [3.05, 3.63) is 52.6 Å². The highest BCUT2D eigenvalue weighted by Gasteiger charge is 2.20. The molecule has 0 radical (unpaired) electrons. The van der Waals surface area contributed by atoms with Crippen LogP contribution < -0.4 is 14.2 Å². The molecular weight excluding hydrogens is 336 g/mol. The van der Waals surface area contributed by atoms with Crippen molar-refractivity contribution in [2.45, 2.75) is 13.8 Å². The number of carbonyl (C=O) groups excluding carboxylic acids is 2. The van der Waals surface area contributed by atoms with Crippen LogP contribution >= 0.6 is 0 Å². The minimum Gasteiger partial charge on any atom is -0.496 e. The third-order valence-electron chi connectivity index (χ3n) is 3.95. The van der Waals surface area contributed by atoms with E-state index in [-0.39, 0.29) is 23.7 Å². The molecule has 0 fully saturated rings. The van der Waals surface area contributed by atoms with E-state index in [1.54, 1.807) is 6.07 Å². The average molecular weight is 358 g/mol. The topological polar surface area (TPSA) is 71.1 Å². The summed E-state index contributed by atoms with van der Waals surface area (Å²) in [6.45, 7) is 3.38. The molecule has 0 aliphatic rings. The lowest BCUT2D eigenvalue weighted by Crippen LogP contribution is -2.16. The minimum atomic E-state index is -0.679. The first-order valence-corrected chi connectivity index (χ1v) is 7.98. The first kappa shape index (κ1) is 19.3. The lowest BCUT2D eigenvalue weighted by Gasteiger charge is -2.13. The largest absolute Gasteiger partial charge is 0.496 e. The Hall–Kier alpha value is -3.02. The number of esters is 1. The molecule has 2 aromatic carbocycles. The summed E-state index contributed by atoms with van der Waals surface area (Å²) in [6.07, 6.45) is 0. The molecule has 0 heterocycles. The predicted molar refractivity (Wildman–Crippen MR) is 96.6 cm³/mol. The van der Waals surface area contributed by atoms with Gasteiger partial charge < -0.3 is 18.9 Å². The van der Waals surface area contributed by atoms with Crippen molar-refractivity contribution >= 4 is 11.8 Å². The molecule has 0 aliphatic carbocycles. The number of benzene rings is 2. The molecule has 0 unspecified atom stereocenters. The van der Waals surface area contributed by atoms with Gasteiger partial charge in [-0.15, -0.1) is 0 Å². The second kappa shape index (κ2) is 8.38. The highest BCUT2D eigenvalue weighted by atomic mass is 16.5. The zero-order valence-electron chi connectivity index (χ0n) is 15.5. The van der Waals surface area contributed by atoms with Crippen LogP contribution in [0.25, 0.3) is 0 Å². The van der Waals surface area contributed by atoms with E-state index in [1.165, 1.54) is 33.5 Å². The van der Waals surface area contributed by atoms with E-state index in [9.17, 15) is 9.59 Å². The van der Waals surface area contributed by atoms with Gasteiger partial charge in [-0.1, -0.05) is 17.7 Å². The fourth-order valence-electron chi connectivity index (χ4n) is 2.51. The third kappa shape index (κ3) is 4.14. The van der Waals surface area contributed by atoms with Crippen molar-refractivity contribution in [1.29, 1.82) is 0 Å². The normalized spacial score (nSPS) is 10.2. The van der Waals surface area contributed by atoms with Gasteiger partial charge in [0.05, 0.1) is 21.3 Å². The van der Waals surface area contributed by atoms with Crippen molar-refractivity contribution in [3.63, 3.8) is 0 Å². The molecule has 26 heavy (non-hydrogen) atoms. The molecule has 0 N–H and O–H groups in total. The molecule has 0 amide bonds. The number of aryl methyl sites for hydroxylation is 2. The molecule has 0 saturated carbocycles. The number of carbonyl (C=O) groups is 2. The summed E-state index contributed by atoms with van der Waals surface area (Å²) < 4.78 is 20.8. The number of hydrogen-bond acceptors (Lipinski definition) is 6. The van der Waals surface area contributed by atoms with Gasteiger partial charge in [-0.05, 0) is 25.5 Å². The zero-order valence-corrected chi connectivity index (χ0v) is 15.5. The van der Waals surface area contributed by atoms with Crippen molar-refractivity contribution in [2.75, 3.05) is 27.9 Å². The summed E-state index contributed by atoms with van der Waals surface area (Å²) in [6, 6.07) is 8.56. The fourth-order valence-corrected chi connectivity index (χ4v) is 2.51. The lowest BCUT2D eigenvalue weighted by atomic mass is 10.0. The van der Waals surface area contributed by atoms with E-state index in [0.29, 0.717) is 17.1 Å². The van der Waals surface area contributed by atoms with Crippen LogP contribution in [0.3, 0.4) is 0 Å². The van der Waals surface area contributed by atoms with Gasteiger partial charge in [0.15, 0.2) is 18.1 Å². The maximum atomic E-state index is 12.4. The van der Waals surface area contributed by atoms with Crippen molar-refractivity contribution in [1.82, 2.24) is 0 Å². The van der Waals surface area contributed by atoms with Crippen LogP contribution in [0.4, 0.5) is 0 Å². The summed E-state index contributed by atoms with van der Waals surface area (Å²) >= 11 is 0. The molecule has 0 spiro atoms. The number of hydrogen-bond donors (Lipinski definition) is 0. The summed E-state index contributed by atoms with van der Waals surface area (Å²) in [4.78, 5) is 24.8. The predicted octanol–water partition coefficient (Wildman–Crippen LogP) is 3.37. The Labute approximate surface area is 152 Å². The van der Waals surface area contributed by atoms with E-state index in [4.69, 9.17) is 18.9 Å². The van der Waals surface area contributed by atoms with Gasteiger partial charge in [-0.3, -0.25) is 4.79 Å². The van der Waals surface area contributed by atoms with Gasteiger partial charge in [-0.25, -0.2) is 4.79 Å². The minimum absolute atomic E-state index is 0.152. The third-order valence-corrected chi connectivity index (χ3v) is 3.95. The van der Waals surface area contributed by atoms with Gasteiger partial charge >= 0.3 is 5.97 Å². The van der Waals surface area contributed by atoms with Crippen LogP contribution in [0.15, 0.2) is 30.3 Å². The van der Waals surface area contributed by atoms with Crippen molar-refractivity contribution in [2.24, 2.45) is 0 Å². The maximum Gasteiger partial charge on any atom is 0.342 e. The first-order valence-electron chi connectivity index (χ1n) is 7.98.